The summed E-state index contributed by atoms with van der Waals surface area (Å²) in [4.78, 5) is 0. The van der Waals surface area contributed by atoms with Crippen LogP contribution in [0.4, 0.5) is 0 Å². The maximum Gasteiger partial charge on any atom is 0.171 e. The first-order valence-corrected chi connectivity index (χ1v) is 10.0. The van der Waals surface area contributed by atoms with Crippen molar-refractivity contribution in [2.24, 2.45) is 0 Å². The van der Waals surface area contributed by atoms with Gasteiger partial charge in [-0.05, 0) is 19.4 Å². The van der Waals surface area contributed by atoms with E-state index in [-0.39, 0.29) is 0 Å². The largest absolute Gasteiger partial charge is 0.748 e. The predicted octanol–water partition coefficient (Wildman–Crippen LogP) is 3.58. The first kappa shape index (κ1) is 21.1. The molecule has 5 heteroatoms. The SMILES string of the molecule is CCCCCCCCCC[n+]1cccc(C)c1.CS(=O)(=O)[O-]. The Morgan fingerprint density at radius 3 is 2.05 bits per heavy atom. The lowest BCUT2D eigenvalue weighted by molar-refractivity contribution is -0.697. The van der Waals surface area contributed by atoms with E-state index in [0.717, 1.165) is 0 Å². The molecule has 0 spiro atoms. The topological polar surface area (TPSA) is 61.1 Å². The second-order valence-electron chi connectivity index (χ2n) is 5.80. The van der Waals surface area contributed by atoms with E-state index in [2.05, 4.69) is 42.9 Å². The average molecular weight is 330 g/mol. The molecule has 1 aromatic heterocycles. The zero-order valence-corrected chi connectivity index (χ0v) is 15.1. The number of rotatable bonds is 9. The van der Waals surface area contributed by atoms with Crippen molar-refractivity contribution in [3.05, 3.63) is 30.1 Å². The lowest BCUT2D eigenvalue weighted by Crippen LogP contribution is -2.32. The summed E-state index contributed by atoms with van der Waals surface area (Å²) in [5.41, 5.74) is 1.35. The van der Waals surface area contributed by atoms with E-state index in [0.29, 0.717) is 6.26 Å². The van der Waals surface area contributed by atoms with Gasteiger partial charge in [0.2, 0.25) is 0 Å². The van der Waals surface area contributed by atoms with Crippen LogP contribution in [0, 0.1) is 6.92 Å². The highest BCUT2D eigenvalue weighted by molar-refractivity contribution is 7.84. The molecule has 0 aromatic carbocycles. The molecule has 0 fully saturated rings. The van der Waals surface area contributed by atoms with Crippen LogP contribution in [0.25, 0.3) is 0 Å². The molecule has 22 heavy (non-hydrogen) atoms. The van der Waals surface area contributed by atoms with Crippen molar-refractivity contribution < 1.29 is 17.5 Å². The van der Waals surface area contributed by atoms with Gasteiger partial charge in [-0.1, -0.05) is 45.4 Å². The Morgan fingerprint density at radius 1 is 1.05 bits per heavy atom. The zero-order chi connectivity index (χ0) is 16.8. The molecule has 0 saturated heterocycles. The highest BCUT2D eigenvalue weighted by Crippen LogP contribution is 2.08. The van der Waals surface area contributed by atoms with Crippen molar-refractivity contribution in [3.63, 3.8) is 0 Å². The van der Waals surface area contributed by atoms with Gasteiger partial charge < -0.3 is 4.55 Å². The highest BCUT2D eigenvalue weighted by Gasteiger charge is 1.99. The Morgan fingerprint density at radius 2 is 1.55 bits per heavy atom. The second-order valence-corrected chi connectivity index (χ2v) is 7.21. The number of pyridine rings is 1. The van der Waals surface area contributed by atoms with Crippen LogP contribution in [0.15, 0.2) is 24.5 Å². The molecule has 0 atom stereocenters. The molecular formula is C17H31NO3S. The molecule has 0 aliphatic rings. The molecule has 128 valence electrons. The Bertz CT molecular complexity index is 478. The molecule has 1 heterocycles. The minimum atomic E-state index is -3.92. The Labute approximate surface area is 136 Å². The van der Waals surface area contributed by atoms with Crippen molar-refractivity contribution in [1.82, 2.24) is 0 Å². The lowest BCUT2D eigenvalue weighted by atomic mass is 10.1. The van der Waals surface area contributed by atoms with Crippen molar-refractivity contribution in [1.29, 1.82) is 0 Å². The van der Waals surface area contributed by atoms with Crippen LogP contribution in [-0.2, 0) is 16.7 Å². The summed E-state index contributed by atoms with van der Waals surface area (Å²) in [6.45, 7) is 5.61. The molecular weight excluding hydrogens is 298 g/mol. The minimum absolute atomic E-state index is 0.604. The van der Waals surface area contributed by atoms with E-state index in [1.807, 2.05) is 0 Å². The second kappa shape index (κ2) is 12.6. The fraction of sp³-hybridized carbons (Fsp3) is 0.706. The molecule has 1 rings (SSSR count). The van der Waals surface area contributed by atoms with E-state index < -0.39 is 10.1 Å². The standard InChI is InChI=1S/C16H28N.CH4O3S/c1-3-4-5-6-7-8-9-10-13-17-14-11-12-16(2)15-17;1-5(2,3)4/h11-12,14-15H,3-10,13H2,1-2H3;1H3,(H,2,3,4)/q+1;/p-1. The third-order valence-corrected chi connectivity index (χ3v) is 3.28. The fourth-order valence-corrected chi connectivity index (χ4v) is 2.22. The number of hydrogen-bond acceptors (Lipinski definition) is 3. The summed E-state index contributed by atoms with van der Waals surface area (Å²) < 4.78 is 29.5. The first-order valence-electron chi connectivity index (χ1n) is 8.19. The summed E-state index contributed by atoms with van der Waals surface area (Å²) in [5.74, 6) is 0. The Kier molecular flexibility index (Phi) is 12.1. The number of hydrogen-bond donors (Lipinski definition) is 0. The van der Waals surface area contributed by atoms with Gasteiger partial charge >= 0.3 is 0 Å². The summed E-state index contributed by atoms with van der Waals surface area (Å²) in [5, 5.41) is 0. The molecule has 4 nitrogen and oxygen atoms in total. The Balaban J connectivity index is 0.000000763. The summed E-state index contributed by atoms with van der Waals surface area (Å²) >= 11 is 0. The fourth-order valence-electron chi connectivity index (χ4n) is 2.22. The van der Waals surface area contributed by atoms with Crippen LogP contribution in [0.2, 0.25) is 0 Å². The molecule has 0 bridgehead atoms. The molecule has 0 unspecified atom stereocenters. The summed E-state index contributed by atoms with van der Waals surface area (Å²) in [7, 11) is -3.92. The number of aromatic nitrogens is 1. The van der Waals surface area contributed by atoms with Crippen molar-refractivity contribution in [2.45, 2.75) is 71.8 Å². The maximum atomic E-state index is 9.08. The molecule has 1 aromatic rings. The van der Waals surface area contributed by atoms with Crippen LogP contribution in [0.3, 0.4) is 0 Å². The van der Waals surface area contributed by atoms with Gasteiger partial charge in [-0.2, -0.15) is 0 Å². The summed E-state index contributed by atoms with van der Waals surface area (Å²) in [6, 6.07) is 4.30. The van der Waals surface area contributed by atoms with Gasteiger partial charge in [0.1, 0.15) is 6.54 Å². The number of nitrogens with zero attached hydrogens (tertiary/aromatic N) is 1. The van der Waals surface area contributed by atoms with Gasteiger partial charge in [0.15, 0.2) is 12.4 Å². The molecule has 0 aliphatic heterocycles. The third kappa shape index (κ3) is 17.1. The van der Waals surface area contributed by atoms with Crippen LogP contribution in [0.1, 0.15) is 63.9 Å². The quantitative estimate of drug-likeness (QED) is 0.395. The van der Waals surface area contributed by atoms with Crippen LogP contribution in [0.5, 0.6) is 0 Å². The molecule has 0 N–H and O–H groups in total. The maximum absolute atomic E-state index is 9.08. The molecule has 0 amide bonds. The van der Waals surface area contributed by atoms with Gasteiger partial charge in [0.25, 0.3) is 0 Å². The predicted molar refractivity (Wildman–Crippen MR) is 89.6 cm³/mol. The van der Waals surface area contributed by atoms with Crippen LogP contribution < -0.4 is 4.57 Å². The normalized spacial score (nSPS) is 10.9. The first-order chi connectivity index (χ1) is 10.3. The van der Waals surface area contributed by atoms with E-state index in [9.17, 15) is 0 Å². The van der Waals surface area contributed by atoms with Gasteiger partial charge in [0, 0.05) is 24.3 Å². The highest BCUT2D eigenvalue weighted by atomic mass is 32.2. The summed E-state index contributed by atoms with van der Waals surface area (Å²) in [6.07, 6.45) is 16.2. The van der Waals surface area contributed by atoms with E-state index in [4.69, 9.17) is 13.0 Å². The van der Waals surface area contributed by atoms with Gasteiger partial charge in [-0.25, -0.2) is 13.0 Å². The monoisotopic (exact) mass is 329 g/mol. The minimum Gasteiger partial charge on any atom is -0.748 e. The third-order valence-electron chi connectivity index (χ3n) is 3.28. The number of aryl methyl sites for hydroxylation is 2. The average Bonchev–Trinajstić information content (AvgIpc) is 2.40. The van der Waals surface area contributed by atoms with Crippen LogP contribution in [-0.4, -0.2) is 19.2 Å². The van der Waals surface area contributed by atoms with E-state index in [1.54, 1.807) is 0 Å². The zero-order valence-electron chi connectivity index (χ0n) is 14.3. The lowest BCUT2D eigenvalue weighted by Gasteiger charge is -2.00. The number of unbranched alkanes of at least 4 members (excludes halogenated alkanes) is 7. The van der Waals surface area contributed by atoms with Crippen LogP contribution >= 0.6 is 0 Å². The van der Waals surface area contributed by atoms with E-state index in [1.165, 1.54) is 63.5 Å². The van der Waals surface area contributed by atoms with Gasteiger partial charge in [-0.3, -0.25) is 0 Å². The van der Waals surface area contributed by atoms with Gasteiger partial charge in [-0.15, -0.1) is 0 Å². The van der Waals surface area contributed by atoms with Crippen molar-refractivity contribution >= 4 is 10.1 Å². The molecule has 0 aliphatic carbocycles. The molecule has 0 saturated carbocycles. The smallest absolute Gasteiger partial charge is 0.171 e. The van der Waals surface area contributed by atoms with Crippen molar-refractivity contribution in [3.8, 4) is 0 Å². The van der Waals surface area contributed by atoms with Crippen molar-refractivity contribution in [2.75, 3.05) is 6.26 Å². The Hall–Kier alpha value is -0.940. The molecule has 0 radical (unpaired) electrons. The van der Waals surface area contributed by atoms with Gasteiger partial charge in [0.05, 0.1) is 10.1 Å². The van der Waals surface area contributed by atoms with E-state index >= 15 is 0 Å².